The third-order valence-electron chi connectivity index (χ3n) is 2.20. The summed E-state index contributed by atoms with van der Waals surface area (Å²) in [7, 11) is 0. The van der Waals surface area contributed by atoms with Crippen LogP contribution in [0.15, 0.2) is 23.1 Å². The molecule has 2 atom stereocenters. The number of carboxylic acids is 1. The van der Waals surface area contributed by atoms with Crippen LogP contribution < -0.4 is 0 Å². The second kappa shape index (κ2) is 5.53. The third kappa shape index (κ3) is 3.21. The van der Waals surface area contributed by atoms with Gasteiger partial charge in [0.15, 0.2) is 11.9 Å². The summed E-state index contributed by atoms with van der Waals surface area (Å²) in [6.45, 7) is 1.54. The minimum absolute atomic E-state index is 0.168. The fourth-order valence-corrected chi connectivity index (χ4v) is 1.74. The molecule has 2 unspecified atom stereocenters. The van der Waals surface area contributed by atoms with Crippen molar-refractivity contribution in [2.24, 2.45) is 0 Å². The first-order valence-electron chi connectivity index (χ1n) is 4.76. The molecule has 0 saturated carbocycles. The predicted molar refractivity (Wildman–Crippen MR) is 65.9 cm³/mol. The summed E-state index contributed by atoms with van der Waals surface area (Å²) in [5.74, 6) is -1.66. The van der Waals surface area contributed by atoms with E-state index in [1.165, 1.54) is 25.1 Å². The number of carbonyl (C=O) groups excluding carboxylic acids is 1. The highest BCUT2D eigenvalue weighted by Crippen LogP contribution is 2.23. The van der Waals surface area contributed by atoms with Gasteiger partial charge in [0.1, 0.15) is 0 Å². The molecule has 0 amide bonds. The Morgan fingerprint density at radius 2 is 2.00 bits per heavy atom. The Bertz CT molecular complexity index is 459. The number of hydrogen-bond acceptors (Lipinski definition) is 4. The number of thiol groups is 1. The number of carboxylic acid groups (broad SMARTS) is 1. The number of hydrogen-bond donors (Lipinski definition) is 3. The number of rotatable bonds is 4. The lowest BCUT2D eigenvalue weighted by Crippen LogP contribution is -2.13. The molecule has 0 fully saturated rings. The van der Waals surface area contributed by atoms with E-state index in [1.54, 1.807) is 0 Å². The molecule has 6 heteroatoms. The van der Waals surface area contributed by atoms with Crippen LogP contribution in [0.4, 0.5) is 0 Å². The van der Waals surface area contributed by atoms with Crippen LogP contribution >= 0.6 is 24.2 Å². The molecule has 0 heterocycles. The zero-order chi connectivity index (χ0) is 13.2. The monoisotopic (exact) mass is 274 g/mol. The normalized spacial score (nSPS) is 14.1. The fourth-order valence-electron chi connectivity index (χ4n) is 1.28. The lowest BCUT2D eigenvalue weighted by atomic mass is 10.0. The third-order valence-corrected chi connectivity index (χ3v) is 2.77. The van der Waals surface area contributed by atoms with E-state index in [2.05, 4.69) is 12.6 Å². The van der Waals surface area contributed by atoms with Gasteiger partial charge in [-0.1, -0.05) is 6.07 Å². The Kier molecular flexibility index (Phi) is 4.56. The minimum Gasteiger partial charge on any atom is -0.479 e. The van der Waals surface area contributed by atoms with Crippen molar-refractivity contribution in [1.82, 2.24) is 0 Å². The van der Waals surface area contributed by atoms with E-state index in [-0.39, 0.29) is 11.3 Å². The molecule has 2 N–H and O–H groups in total. The zero-order valence-electron chi connectivity index (χ0n) is 8.92. The zero-order valence-corrected chi connectivity index (χ0v) is 10.6. The number of alkyl halides is 1. The number of aliphatic hydroxyl groups excluding tert-OH is 1. The Hall–Kier alpha value is -1.04. The van der Waals surface area contributed by atoms with Gasteiger partial charge in [-0.2, -0.15) is 0 Å². The van der Waals surface area contributed by atoms with Gasteiger partial charge >= 0.3 is 5.97 Å². The van der Waals surface area contributed by atoms with Gasteiger partial charge < -0.3 is 10.2 Å². The molecular weight excluding hydrogens is 264 g/mol. The molecule has 0 aromatic heterocycles. The van der Waals surface area contributed by atoms with Crippen molar-refractivity contribution in [2.45, 2.75) is 23.3 Å². The summed E-state index contributed by atoms with van der Waals surface area (Å²) >= 11 is 9.74. The van der Waals surface area contributed by atoms with Crippen LogP contribution in [-0.4, -0.2) is 27.3 Å². The van der Waals surface area contributed by atoms with E-state index >= 15 is 0 Å². The van der Waals surface area contributed by atoms with E-state index in [0.717, 1.165) is 0 Å². The Morgan fingerprint density at radius 3 is 2.41 bits per heavy atom. The van der Waals surface area contributed by atoms with Crippen molar-refractivity contribution >= 4 is 36.0 Å². The topological polar surface area (TPSA) is 74.6 Å². The van der Waals surface area contributed by atoms with Crippen LogP contribution in [0.3, 0.4) is 0 Å². The van der Waals surface area contributed by atoms with Crippen molar-refractivity contribution < 1.29 is 19.8 Å². The Morgan fingerprint density at radius 1 is 1.41 bits per heavy atom. The van der Waals surface area contributed by atoms with E-state index in [0.29, 0.717) is 10.5 Å². The molecular formula is C11H11ClO4S. The molecule has 0 radical (unpaired) electrons. The lowest BCUT2D eigenvalue weighted by Gasteiger charge is -2.10. The highest BCUT2D eigenvalue weighted by Gasteiger charge is 2.19. The summed E-state index contributed by atoms with van der Waals surface area (Å²) in [5.41, 5.74) is 0.471. The maximum absolute atomic E-state index is 11.6. The summed E-state index contributed by atoms with van der Waals surface area (Å²) in [6.07, 6.45) is -1.63. The maximum Gasteiger partial charge on any atom is 0.337 e. The minimum atomic E-state index is -1.63. The number of carbonyl (C=O) groups is 2. The van der Waals surface area contributed by atoms with E-state index in [9.17, 15) is 14.7 Å². The summed E-state index contributed by atoms with van der Waals surface area (Å²) in [5, 5.41) is 17.3. The van der Waals surface area contributed by atoms with Gasteiger partial charge in [-0.25, -0.2) is 4.79 Å². The first-order chi connectivity index (χ1) is 7.84. The lowest BCUT2D eigenvalue weighted by molar-refractivity contribution is -0.146. The summed E-state index contributed by atoms with van der Waals surface area (Å²) in [4.78, 5) is 22.5. The largest absolute Gasteiger partial charge is 0.479 e. The van der Waals surface area contributed by atoms with Crippen LogP contribution in [0.5, 0.6) is 0 Å². The summed E-state index contributed by atoms with van der Waals surface area (Å²) in [6, 6.07) is 4.12. The van der Waals surface area contributed by atoms with E-state index in [1.807, 2.05) is 0 Å². The van der Waals surface area contributed by atoms with Crippen molar-refractivity contribution in [3.05, 3.63) is 29.3 Å². The number of halogens is 1. The van der Waals surface area contributed by atoms with Gasteiger partial charge in [0.05, 0.1) is 5.38 Å². The molecule has 1 rings (SSSR count). The van der Waals surface area contributed by atoms with Crippen LogP contribution in [0.1, 0.15) is 28.9 Å². The average Bonchev–Trinajstić information content (AvgIpc) is 2.26. The van der Waals surface area contributed by atoms with Gasteiger partial charge in [0.25, 0.3) is 0 Å². The van der Waals surface area contributed by atoms with Crippen LogP contribution in [0, 0.1) is 0 Å². The molecule has 1 aromatic rings. The van der Waals surface area contributed by atoms with Crippen molar-refractivity contribution in [3.8, 4) is 0 Å². The maximum atomic E-state index is 11.6. The molecule has 17 heavy (non-hydrogen) atoms. The van der Waals surface area contributed by atoms with Gasteiger partial charge in [0.2, 0.25) is 0 Å². The molecule has 0 aliphatic carbocycles. The van der Waals surface area contributed by atoms with Crippen LogP contribution in [0.25, 0.3) is 0 Å². The fraction of sp³-hybridized carbons (Fsp3) is 0.273. The van der Waals surface area contributed by atoms with Gasteiger partial charge in [-0.15, -0.1) is 24.2 Å². The molecule has 0 bridgehead atoms. The molecule has 0 aliphatic rings. The predicted octanol–water partition coefficient (Wildman–Crippen LogP) is 1.90. The molecule has 0 saturated heterocycles. The van der Waals surface area contributed by atoms with Crippen molar-refractivity contribution in [1.29, 1.82) is 0 Å². The standard InChI is InChI=1S/C11H11ClO4S/c1-5(12)9(13)7-3-2-6(4-8(7)17)10(14)11(15)16/h2-5,10,14,17H,1H3,(H,15,16). The SMILES string of the molecule is CC(Cl)C(=O)c1ccc(C(O)C(=O)O)cc1S. The molecule has 0 aliphatic heterocycles. The quantitative estimate of drug-likeness (QED) is 0.445. The molecule has 0 spiro atoms. The number of aliphatic hydroxyl groups is 1. The molecule has 4 nitrogen and oxygen atoms in total. The Labute approximate surface area is 109 Å². The van der Waals surface area contributed by atoms with Gasteiger partial charge in [-0.05, 0) is 24.6 Å². The first-order valence-corrected chi connectivity index (χ1v) is 5.65. The number of Topliss-reactive ketones (excluding diaryl/α,β-unsaturated/α-hetero) is 1. The molecule has 1 aromatic carbocycles. The number of ketones is 1. The van der Waals surface area contributed by atoms with Crippen LogP contribution in [-0.2, 0) is 4.79 Å². The van der Waals surface area contributed by atoms with Crippen LogP contribution in [0.2, 0.25) is 0 Å². The van der Waals surface area contributed by atoms with Gasteiger partial charge in [0, 0.05) is 10.5 Å². The molecule has 92 valence electrons. The number of aliphatic carboxylic acids is 1. The summed E-state index contributed by atoms with van der Waals surface area (Å²) < 4.78 is 0. The second-order valence-corrected chi connectivity index (χ2v) is 4.63. The smallest absolute Gasteiger partial charge is 0.337 e. The first kappa shape index (κ1) is 14.0. The Balaban J connectivity index is 3.10. The highest BCUT2D eigenvalue weighted by atomic mass is 35.5. The van der Waals surface area contributed by atoms with Crippen molar-refractivity contribution in [2.75, 3.05) is 0 Å². The average molecular weight is 275 g/mol. The van der Waals surface area contributed by atoms with E-state index in [4.69, 9.17) is 16.7 Å². The highest BCUT2D eigenvalue weighted by molar-refractivity contribution is 7.80. The number of benzene rings is 1. The van der Waals surface area contributed by atoms with E-state index < -0.39 is 17.5 Å². The second-order valence-electron chi connectivity index (χ2n) is 3.50. The van der Waals surface area contributed by atoms with Crippen molar-refractivity contribution in [3.63, 3.8) is 0 Å². The van der Waals surface area contributed by atoms with Gasteiger partial charge in [-0.3, -0.25) is 4.79 Å².